The summed E-state index contributed by atoms with van der Waals surface area (Å²) in [6.45, 7) is 5.95. The summed E-state index contributed by atoms with van der Waals surface area (Å²) in [4.78, 5) is 1.96. The van der Waals surface area contributed by atoms with Crippen LogP contribution in [0.4, 0.5) is 0 Å². The van der Waals surface area contributed by atoms with Crippen molar-refractivity contribution < 1.29 is 22.4 Å². The molecule has 0 amide bonds. The molecule has 0 fully saturated rings. The van der Waals surface area contributed by atoms with Crippen LogP contribution in [-0.4, -0.2) is 22.3 Å². The summed E-state index contributed by atoms with van der Waals surface area (Å²) in [5.74, 6) is 0. The molecule has 0 aromatic heterocycles. The standard InChI is InChI=1S/C5H11NS2.Ag/c1-3-6(4-2)5(7)8;/h3-4H2,1-2H3,(H,7,8);/q;+1/p-1. The molecule has 0 spiro atoms. The second-order valence-corrected chi connectivity index (χ2v) is 2.47. The normalized spacial score (nSPS) is 7.78. The van der Waals surface area contributed by atoms with Gasteiger partial charge in [0.2, 0.25) is 0 Å². The molecular formula is C5H10AgNS2. The molecule has 0 saturated heterocycles. The summed E-state index contributed by atoms with van der Waals surface area (Å²) >= 11 is 9.51. The molecular weight excluding hydrogens is 246 g/mol. The van der Waals surface area contributed by atoms with Gasteiger partial charge in [0.05, 0.1) is 0 Å². The molecule has 0 atom stereocenters. The predicted octanol–water partition coefficient (Wildman–Crippen LogP) is 1.16. The minimum absolute atomic E-state index is 0. The van der Waals surface area contributed by atoms with Gasteiger partial charge in [0.25, 0.3) is 0 Å². The molecule has 0 bridgehead atoms. The van der Waals surface area contributed by atoms with Gasteiger partial charge in [-0.1, -0.05) is 4.32 Å². The average Bonchev–Trinajstić information content (AvgIpc) is 1.69. The van der Waals surface area contributed by atoms with Crippen molar-refractivity contribution in [2.24, 2.45) is 0 Å². The molecule has 0 rings (SSSR count). The average molecular weight is 256 g/mol. The molecule has 0 radical (unpaired) electrons. The van der Waals surface area contributed by atoms with Crippen LogP contribution in [0.15, 0.2) is 0 Å². The molecule has 0 aliphatic rings. The molecule has 0 aliphatic carbocycles. The topological polar surface area (TPSA) is 3.24 Å². The first-order valence-corrected chi connectivity index (χ1v) is 3.50. The Morgan fingerprint density at radius 3 is 1.78 bits per heavy atom. The molecule has 0 saturated carbocycles. The van der Waals surface area contributed by atoms with Crippen LogP contribution in [0.1, 0.15) is 13.8 Å². The Morgan fingerprint density at radius 2 is 1.78 bits per heavy atom. The van der Waals surface area contributed by atoms with E-state index in [2.05, 4.69) is 0 Å². The zero-order valence-corrected chi connectivity index (χ0v) is 8.59. The van der Waals surface area contributed by atoms with Gasteiger partial charge in [0, 0.05) is 13.1 Å². The summed E-state index contributed by atoms with van der Waals surface area (Å²) < 4.78 is 0.579. The van der Waals surface area contributed by atoms with E-state index in [0.29, 0.717) is 4.32 Å². The molecule has 0 N–H and O–H groups in total. The fourth-order valence-electron chi connectivity index (χ4n) is 0.482. The maximum Gasteiger partial charge on any atom is 1.00 e. The van der Waals surface area contributed by atoms with Gasteiger partial charge in [-0.3, -0.25) is 0 Å². The van der Waals surface area contributed by atoms with Crippen molar-refractivity contribution in [1.82, 2.24) is 4.90 Å². The molecule has 58 valence electrons. The van der Waals surface area contributed by atoms with E-state index in [0.717, 1.165) is 13.1 Å². The van der Waals surface area contributed by atoms with Gasteiger partial charge in [-0.05, 0) is 13.8 Å². The van der Waals surface area contributed by atoms with Crippen LogP contribution >= 0.6 is 12.2 Å². The van der Waals surface area contributed by atoms with Crippen molar-refractivity contribution in [3.05, 3.63) is 0 Å². The number of hydrogen-bond donors (Lipinski definition) is 0. The number of rotatable bonds is 2. The van der Waals surface area contributed by atoms with Crippen LogP contribution in [0.3, 0.4) is 0 Å². The van der Waals surface area contributed by atoms with Crippen molar-refractivity contribution in [1.29, 1.82) is 0 Å². The largest absolute Gasteiger partial charge is 1.00 e. The molecule has 0 aliphatic heterocycles. The molecule has 9 heavy (non-hydrogen) atoms. The van der Waals surface area contributed by atoms with Crippen molar-refractivity contribution >= 4 is 29.2 Å². The Labute approximate surface area is 83.1 Å². The van der Waals surface area contributed by atoms with Crippen molar-refractivity contribution in [3.8, 4) is 0 Å². The SMILES string of the molecule is CCN(CC)C(=S)[S-].[Ag+]. The summed E-state index contributed by atoms with van der Waals surface area (Å²) in [6, 6.07) is 0. The van der Waals surface area contributed by atoms with Gasteiger partial charge in [-0.25, -0.2) is 0 Å². The van der Waals surface area contributed by atoms with Crippen LogP contribution in [-0.2, 0) is 35.0 Å². The third kappa shape index (κ3) is 5.30. The van der Waals surface area contributed by atoms with E-state index < -0.39 is 0 Å². The maximum absolute atomic E-state index is 4.76. The molecule has 0 aromatic rings. The van der Waals surface area contributed by atoms with Crippen LogP contribution in [0.5, 0.6) is 0 Å². The first-order chi connectivity index (χ1) is 3.72. The third-order valence-corrected chi connectivity index (χ3v) is 1.54. The quantitative estimate of drug-likeness (QED) is 0.414. The molecule has 4 heteroatoms. The predicted molar refractivity (Wildman–Crippen MR) is 42.9 cm³/mol. The Balaban J connectivity index is 0. The van der Waals surface area contributed by atoms with E-state index in [1.807, 2.05) is 18.7 Å². The Kier molecular flexibility index (Phi) is 9.69. The monoisotopic (exact) mass is 255 g/mol. The van der Waals surface area contributed by atoms with Crippen molar-refractivity contribution in [2.45, 2.75) is 13.8 Å². The zero-order valence-electron chi connectivity index (χ0n) is 5.48. The summed E-state index contributed by atoms with van der Waals surface area (Å²) in [7, 11) is 0. The van der Waals surface area contributed by atoms with Crippen LogP contribution < -0.4 is 0 Å². The van der Waals surface area contributed by atoms with Gasteiger partial charge in [0.15, 0.2) is 0 Å². The Bertz CT molecular complexity index is 83.0. The Morgan fingerprint density at radius 1 is 1.44 bits per heavy atom. The van der Waals surface area contributed by atoms with Gasteiger partial charge < -0.3 is 29.7 Å². The molecule has 0 unspecified atom stereocenters. The molecule has 0 aromatic carbocycles. The molecule has 1 nitrogen and oxygen atoms in total. The number of hydrogen-bond acceptors (Lipinski definition) is 2. The van der Waals surface area contributed by atoms with Crippen LogP contribution in [0, 0.1) is 0 Å². The van der Waals surface area contributed by atoms with E-state index in [1.54, 1.807) is 0 Å². The fraction of sp³-hybridized carbons (Fsp3) is 0.800. The summed E-state index contributed by atoms with van der Waals surface area (Å²) in [6.07, 6.45) is 0. The van der Waals surface area contributed by atoms with E-state index in [-0.39, 0.29) is 22.4 Å². The van der Waals surface area contributed by atoms with E-state index in [9.17, 15) is 0 Å². The van der Waals surface area contributed by atoms with Gasteiger partial charge in [-0.15, -0.1) is 0 Å². The second kappa shape index (κ2) is 6.96. The minimum Gasteiger partial charge on any atom is -0.411 e. The number of nitrogens with zero attached hydrogens (tertiary/aromatic N) is 1. The van der Waals surface area contributed by atoms with Crippen molar-refractivity contribution in [3.63, 3.8) is 0 Å². The van der Waals surface area contributed by atoms with E-state index >= 15 is 0 Å². The Hall–Kier alpha value is 0.850. The smallest absolute Gasteiger partial charge is 0.411 e. The van der Waals surface area contributed by atoms with Crippen molar-refractivity contribution in [2.75, 3.05) is 13.1 Å². The first kappa shape index (κ1) is 12.5. The first-order valence-electron chi connectivity index (χ1n) is 2.68. The second-order valence-electron chi connectivity index (χ2n) is 1.44. The minimum atomic E-state index is 0. The number of thiocarbonyl (C=S) groups is 1. The summed E-state index contributed by atoms with van der Waals surface area (Å²) in [5.41, 5.74) is 0. The molecule has 0 heterocycles. The van der Waals surface area contributed by atoms with E-state index in [4.69, 9.17) is 24.8 Å². The van der Waals surface area contributed by atoms with E-state index in [1.165, 1.54) is 0 Å². The third-order valence-electron chi connectivity index (χ3n) is 1.02. The maximum atomic E-state index is 4.76. The fourth-order valence-corrected chi connectivity index (χ4v) is 0.998. The van der Waals surface area contributed by atoms with Gasteiger partial charge >= 0.3 is 22.4 Å². The van der Waals surface area contributed by atoms with Crippen LogP contribution in [0.2, 0.25) is 0 Å². The van der Waals surface area contributed by atoms with Gasteiger partial charge in [0.1, 0.15) is 0 Å². The summed E-state index contributed by atoms with van der Waals surface area (Å²) in [5, 5.41) is 0. The van der Waals surface area contributed by atoms with Gasteiger partial charge in [-0.2, -0.15) is 0 Å². The zero-order chi connectivity index (χ0) is 6.57. The van der Waals surface area contributed by atoms with Crippen LogP contribution in [0.25, 0.3) is 0 Å².